The van der Waals surface area contributed by atoms with Gasteiger partial charge in [0.25, 0.3) is 5.91 Å². The van der Waals surface area contributed by atoms with Crippen LogP contribution in [0.2, 0.25) is 0 Å². The van der Waals surface area contributed by atoms with Crippen LogP contribution in [0.1, 0.15) is 21.5 Å². The van der Waals surface area contributed by atoms with E-state index in [0.29, 0.717) is 11.3 Å². The monoisotopic (exact) mass is 490 g/mol. The quantitative estimate of drug-likeness (QED) is 0.357. The molecule has 1 saturated heterocycles. The first-order valence-electron chi connectivity index (χ1n) is 11.6. The summed E-state index contributed by atoms with van der Waals surface area (Å²) in [5.41, 5.74) is 1.49. The lowest BCUT2D eigenvalue weighted by molar-refractivity contribution is -0.136. The highest BCUT2D eigenvalue weighted by molar-refractivity contribution is 6.42. The second kappa shape index (κ2) is 11.6. The molecule has 7 nitrogen and oxygen atoms in total. The van der Waals surface area contributed by atoms with E-state index < -0.39 is 23.6 Å². The van der Waals surface area contributed by atoms with Gasteiger partial charge in [-0.3, -0.25) is 14.4 Å². The Balaban J connectivity index is 1.54. The molecule has 3 aromatic rings. The Morgan fingerprint density at radius 1 is 0.944 bits per heavy atom. The van der Waals surface area contributed by atoms with Gasteiger partial charge in [0.05, 0.1) is 19.8 Å². The van der Waals surface area contributed by atoms with Crippen molar-refractivity contribution in [2.75, 3.05) is 26.7 Å². The molecule has 1 atom stereocenters. The fourth-order valence-corrected chi connectivity index (χ4v) is 4.02. The normalized spacial score (nSPS) is 15.9. The van der Waals surface area contributed by atoms with Crippen molar-refractivity contribution in [1.82, 2.24) is 9.80 Å². The average molecular weight is 491 g/mol. The van der Waals surface area contributed by atoms with Gasteiger partial charge in [-0.05, 0) is 23.8 Å². The molecule has 0 radical (unpaired) electrons. The number of amides is 2. The second-order valence-electron chi connectivity index (χ2n) is 8.53. The maximum absolute atomic E-state index is 14.1. The molecule has 0 aromatic heterocycles. The third-order valence-electron chi connectivity index (χ3n) is 6.01. The van der Waals surface area contributed by atoms with Crippen LogP contribution in [-0.2, 0) is 27.5 Å². The SMILES string of the molecule is COc1ccc(CN2CC(OCc3ccccc3F)CN(C(=O)C(=O)c3ccccc3)CC2=O)cc1. The Labute approximate surface area is 209 Å². The van der Waals surface area contributed by atoms with Gasteiger partial charge in [-0.1, -0.05) is 60.7 Å². The van der Waals surface area contributed by atoms with Crippen molar-refractivity contribution in [2.45, 2.75) is 19.3 Å². The Kier molecular flexibility index (Phi) is 8.07. The molecule has 1 unspecified atom stereocenters. The lowest BCUT2D eigenvalue weighted by atomic mass is 10.1. The van der Waals surface area contributed by atoms with Crippen molar-refractivity contribution in [3.05, 3.63) is 101 Å². The highest BCUT2D eigenvalue weighted by atomic mass is 19.1. The highest BCUT2D eigenvalue weighted by Crippen LogP contribution is 2.18. The smallest absolute Gasteiger partial charge is 0.295 e. The molecular formula is C28H27FN2O5. The summed E-state index contributed by atoms with van der Waals surface area (Å²) in [6, 6.07) is 21.8. The minimum absolute atomic E-state index is 0.0245. The van der Waals surface area contributed by atoms with Gasteiger partial charge >= 0.3 is 0 Å². The molecule has 2 amide bonds. The van der Waals surface area contributed by atoms with Crippen LogP contribution in [-0.4, -0.2) is 60.2 Å². The van der Waals surface area contributed by atoms with Gasteiger partial charge in [0.1, 0.15) is 18.1 Å². The summed E-state index contributed by atoms with van der Waals surface area (Å²) < 4.78 is 25.3. The highest BCUT2D eigenvalue weighted by Gasteiger charge is 2.33. The van der Waals surface area contributed by atoms with E-state index >= 15 is 0 Å². The van der Waals surface area contributed by atoms with Crippen LogP contribution < -0.4 is 4.74 Å². The zero-order chi connectivity index (χ0) is 25.5. The number of halogens is 1. The number of carbonyl (C=O) groups excluding carboxylic acids is 3. The molecule has 0 spiro atoms. The van der Waals surface area contributed by atoms with Crippen LogP contribution in [0.5, 0.6) is 5.75 Å². The van der Waals surface area contributed by atoms with Crippen molar-refractivity contribution < 1.29 is 28.2 Å². The summed E-state index contributed by atoms with van der Waals surface area (Å²) in [7, 11) is 1.58. The topological polar surface area (TPSA) is 76.2 Å². The summed E-state index contributed by atoms with van der Waals surface area (Å²) in [6.45, 7) is 0.208. The second-order valence-corrected chi connectivity index (χ2v) is 8.53. The van der Waals surface area contributed by atoms with Crippen molar-refractivity contribution >= 4 is 17.6 Å². The largest absolute Gasteiger partial charge is 0.497 e. The minimum Gasteiger partial charge on any atom is -0.497 e. The summed E-state index contributed by atoms with van der Waals surface area (Å²) in [4.78, 5) is 41.9. The fourth-order valence-electron chi connectivity index (χ4n) is 4.02. The third kappa shape index (κ3) is 6.14. The zero-order valence-corrected chi connectivity index (χ0v) is 19.9. The van der Waals surface area contributed by atoms with Gasteiger partial charge in [-0.25, -0.2) is 4.39 Å². The molecule has 8 heteroatoms. The number of Topliss-reactive ketones (excluding diaryl/α,β-unsaturated/α-hetero) is 1. The summed E-state index contributed by atoms with van der Waals surface area (Å²) in [5.74, 6) is -1.48. The number of hydrogen-bond acceptors (Lipinski definition) is 5. The third-order valence-corrected chi connectivity index (χ3v) is 6.01. The molecule has 1 aliphatic rings. The number of nitrogens with zero attached hydrogens (tertiary/aromatic N) is 2. The molecule has 1 aliphatic heterocycles. The lowest BCUT2D eigenvalue weighted by Crippen LogP contribution is -2.43. The number of benzene rings is 3. The first kappa shape index (κ1) is 25.1. The maximum Gasteiger partial charge on any atom is 0.295 e. The lowest BCUT2D eigenvalue weighted by Gasteiger charge is -2.25. The molecule has 36 heavy (non-hydrogen) atoms. The van der Waals surface area contributed by atoms with Crippen molar-refractivity contribution in [2.24, 2.45) is 0 Å². The summed E-state index contributed by atoms with van der Waals surface area (Å²) >= 11 is 0. The predicted molar refractivity (Wildman–Crippen MR) is 131 cm³/mol. The van der Waals surface area contributed by atoms with Crippen LogP contribution >= 0.6 is 0 Å². The standard InChI is InChI=1S/C28H27FN2O5/c1-35-23-13-11-20(12-14-23)15-30-16-24(36-19-22-9-5-6-10-25(22)29)17-31(18-26(30)32)28(34)27(33)21-7-3-2-4-8-21/h2-14,24H,15-19H2,1H3. The average Bonchev–Trinajstić information content (AvgIpc) is 3.06. The molecule has 0 N–H and O–H groups in total. The van der Waals surface area contributed by atoms with Gasteiger partial charge in [0.15, 0.2) is 0 Å². The van der Waals surface area contributed by atoms with Gasteiger partial charge in [-0.15, -0.1) is 0 Å². The van der Waals surface area contributed by atoms with Crippen molar-refractivity contribution in [1.29, 1.82) is 0 Å². The number of ether oxygens (including phenoxy) is 2. The summed E-state index contributed by atoms with van der Waals surface area (Å²) in [5, 5.41) is 0. The van der Waals surface area contributed by atoms with E-state index in [9.17, 15) is 18.8 Å². The number of rotatable bonds is 8. The fraction of sp³-hybridized carbons (Fsp3) is 0.250. The van der Waals surface area contributed by atoms with E-state index in [2.05, 4.69) is 0 Å². The Hall–Kier alpha value is -4.04. The molecule has 186 valence electrons. The molecule has 4 rings (SSSR count). The number of ketones is 1. The van der Waals surface area contributed by atoms with E-state index in [1.165, 1.54) is 11.0 Å². The van der Waals surface area contributed by atoms with Crippen LogP contribution in [0.25, 0.3) is 0 Å². The first-order chi connectivity index (χ1) is 17.4. The zero-order valence-electron chi connectivity index (χ0n) is 19.9. The molecule has 0 bridgehead atoms. The van der Waals surface area contributed by atoms with Gasteiger partial charge in [-0.2, -0.15) is 0 Å². The van der Waals surface area contributed by atoms with Gasteiger partial charge < -0.3 is 19.3 Å². The number of carbonyl (C=O) groups is 3. The molecule has 0 saturated carbocycles. The predicted octanol–water partition coefficient (Wildman–Crippen LogP) is 3.47. The van der Waals surface area contributed by atoms with Gasteiger partial charge in [0.2, 0.25) is 11.7 Å². The van der Waals surface area contributed by atoms with Gasteiger partial charge in [0, 0.05) is 30.8 Å². The van der Waals surface area contributed by atoms with Crippen LogP contribution in [0.4, 0.5) is 4.39 Å². The molecular weight excluding hydrogens is 463 g/mol. The van der Waals surface area contributed by atoms with Crippen LogP contribution in [0.15, 0.2) is 78.9 Å². The van der Waals surface area contributed by atoms with Crippen LogP contribution in [0.3, 0.4) is 0 Å². The molecule has 1 heterocycles. The Morgan fingerprint density at radius 2 is 1.64 bits per heavy atom. The molecule has 1 fully saturated rings. The molecule has 3 aromatic carbocycles. The Morgan fingerprint density at radius 3 is 2.33 bits per heavy atom. The van der Waals surface area contributed by atoms with E-state index in [4.69, 9.17) is 9.47 Å². The van der Waals surface area contributed by atoms with E-state index in [1.54, 1.807) is 72.7 Å². The first-order valence-corrected chi connectivity index (χ1v) is 11.6. The van der Waals surface area contributed by atoms with E-state index in [1.807, 2.05) is 12.1 Å². The van der Waals surface area contributed by atoms with Crippen LogP contribution in [0, 0.1) is 5.82 Å². The minimum atomic E-state index is -0.777. The number of methoxy groups -OCH3 is 1. The Bertz CT molecular complexity index is 1220. The molecule has 0 aliphatic carbocycles. The van der Waals surface area contributed by atoms with E-state index in [-0.39, 0.29) is 44.3 Å². The summed E-state index contributed by atoms with van der Waals surface area (Å²) in [6.07, 6.45) is -0.623. The maximum atomic E-state index is 14.1. The van der Waals surface area contributed by atoms with E-state index in [0.717, 1.165) is 5.56 Å². The number of hydrogen-bond donors (Lipinski definition) is 0. The van der Waals surface area contributed by atoms with Crippen molar-refractivity contribution in [3.63, 3.8) is 0 Å². The van der Waals surface area contributed by atoms with Crippen molar-refractivity contribution in [3.8, 4) is 5.75 Å².